The smallest absolute Gasteiger partial charge is 0.0691 e. The fourth-order valence-corrected chi connectivity index (χ4v) is 3.50. The quantitative estimate of drug-likeness (QED) is 0.628. The minimum atomic E-state index is 0.335. The number of nitrogens with zero attached hydrogens (tertiary/aromatic N) is 2. The van der Waals surface area contributed by atoms with Crippen LogP contribution in [0.15, 0.2) is 60.7 Å². The van der Waals surface area contributed by atoms with Crippen LogP contribution in [-0.2, 0) is 4.84 Å². The van der Waals surface area contributed by atoms with Crippen molar-refractivity contribution in [2.24, 2.45) is 5.90 Å². The third-order valence-electron chi connectivity index (χ3n) is 4.74. The van der Waals surface area contributed by atoms with E-state index in [0.29, 0.717) is 12.6 Å². The Morgan fingerprint density at radius 2 is 1.38 bits per heavy atom. The summed E-state index contributed by atoms with van der Waals surface area (Å²) < 4.78 is 0. The first kappa shape index (κ1) is 17.1. The van der Waals surface area contributed by atoms with E-state index in [0.717, 1.165) is 39.1 Å². The Kier molecular flexibility index (Phi) is 6.38. The summed E-state index contributed by atoms with van der Waals surface area (Å²) in [7, 11) is 0. The molecule has 1 heterocycles. The second kappa shape index (κ2) is 8.94. The van der Waals surface area contributed by atoms with Gasteiger partial charge in [-0.1, -0.05) is 60.7 Å². The highest BCUT2D eigenvalue weighted by molar-refractivity contribution is 5.31. The van der Waals surface area contributed by atoms with Gasteiger partial charge in [-0.15, -0.1) is 0 Å². The molecule has 0 atom stereocenters. The molecule has 2 aromatic carbocycles. The van der Waals surface area contributed by atoms with Gasteiger partial charge in [0.1, 0.15) is 0 Å². The van der Waals surface area contributed by atoms with Crippen molar-refractivity contribution in [2.45, 2.75) is 12.5 Å². The molecule has 3 rings (SSSR count). The Morgan fingerprint density at radius 1 is 0.833 bits per heavy atom. The lowest BCUT2D eigenvalue weighted by molar-refractivity contribution is 0.0888. The van der Waals surface area contributed by atoms with Crippen LogP contribution in [0.25, 0.3) is 0 Å². The van der Waals surface area contributed by atoms with Gasteiger partial charge in [-0.05, 0) is 17.5 Å². The largest absolute Gasteiger partial charge is 0.305 e. The summed E-state index contributed by atoms with van der Waals surface area (Å²) in [4.78, 5) is 9.77. The van der Waals surface area contributed by atoms with Crippen molar-refractivity contribution < 1.29 is 4.84 Å². The summed E-state index contributed by atoms with van der Waals surface area (Å²) in [5.74, 6) is 5.11. The summed E-state index contributed by atoms with van der Waals surface area (Å²) in [6.07, 6.45) is 0.997. The zero-order chi connectivity index (χ0) is 16.6. The van der Waals surface area contributed by atoms with Crippen LogP contribution in [0.3, 0.4) is 0 Å². The van der Waals surface area contributed by atoms with Gasteiger partial charge in [0.05, 0.1) is 12.6 Å². The normalized spacial score (nSPS) is 16.6. The molecular weight excluding hydrogens is 298 g/mol. The zero-order valence-electron chi connectivity index (χ0n) is 14.2. The monoisotopic (exact) mass is 325 g/mol. The molecular formula is C20H27N3O. The van der Waals surface area contributed by atoms with Crippen molar-refractivity contribution in [3.8, 4) is 0 Å². The van der Waals surface area contributed by atoms with E-state index in [1.807, 2.05) is 0 Å². The van der Waals surface area contributed by atoms with Gasteiger partial charge in [0, 0.05) is 32.7 Å². The Balaban J connectivity index is 1.69. The van der Waals surface area contributed by atoms with Gasteiger partial charge < -0.3 is 9.74 Å². The second-order valence-electron chi connectivity index (χ2n) is 6.33. The number of nitrogens with two attached hydrogens (primary N) is 1. The first-order chi connectivity index (χ1) is 11.9. The van der Waals surface area contributed by atoms with Crippen LogP contribution in [0.1, 0.15) is 23.6 Å². The lowest BCUT2D eigenvalue weighted by Crippen LogP contribution is -2.48. The maximum absolute atomic E-state index is 5.11. The molecule has 0 amide bonds. The van der Waals surface area contributed by atoms with Gasteiger partial charge in [0.25, 0.3) is 0 Å². The molecule has 0 unspecified atom stereocenters. The zero-order valence-corrected chi connectivity index (χ0v) is 14.2. The van der Waals surface area contributed by atoms with Crippen LogP contribution in [-0.4, -0.2) is 49.1 Å². The van der Waals surface area contributed by atoms with Gasteiger partial charge in [-0.2, -0.15) is 0 Å². The van der Waals surface area contributed by atoms with E-state index >= 15 is 0 Å². The third-order valence-corrected chi connectivity index (χ3v) is 4.74. The van der Waals surface area contributed by atoms with Gasteiger partial charge in [-0.3, -0.25) is 4.90 Å². The summed E-state index contributed by atoms with van der Waals surface area (Å²) in [5, 5.41) is 0. The van der Waals surface area contributed by atoms with Crippen molar-refractivity contribution >= 4 is 0 Å². The molecule has 0 aliphatic carbocycles. The highest BCUT2D eigenvalue weighted by Crippen LogP contribution is 2.29. The van der Waals surface area contributed by atoms with Gasteiger partial charge in [-0.25, -0.2) is 5.90 Å². The topological polar surface area (TPSA) is 41.7 Å². The predicted molar refractivity (Wildman–Crippen MR) is 97.5 cm³/mol. The first-order valence-electron chi connectivity index (χ1n) is 8.76. The fourth-order valence-electron chi connectivity index (χ4n) is 3.50. The molecule has 4 nitrogen and oxygen atoms in total. The van der Waals surface area contributed by atoms with Gasteiger partial charge in [0.15, 0.2) is 0 Å². The van der Waals surface area contributed by atoms with Crippen molar-refractivity contribution in [3.63, 3.8) is 0 Å². The van der Waals surface area contributed by atoms with E-state index in [-0.39, 0.29) is 0 Å². The third kappa shape index (κ3) is 4.42. The van der Waals surface area contributed by atoms with Gasteiger partial charge in [0.2, 0.25) is 0 Å². The fraction of sp³-hybridized carbons (Fsp3) is 0.400. The molecule has 0 aromatic heterocycles. The molecule has 0 bridgehead atoms. The minimum absolute atomic E-state index is 0.335. The van der Waals surface area contributed by atoms with E-state index in [1.54, 1.807) is 0 Å². The number of benzene rings is 2. The highest BCUT2D eigenvalue weighted by Gasteiger charge is 2.25. The molecule has 1 saturated heterocycles. The molecule has 4 heteroatoms. The molecule has 128 valence electrons. The van der Waals surface area contributed by atoms with Gasteiger partial charge >= 0.3 is 0 Å². The van der Waals surface area contributed by atoms with Crippen LogP contribution in [0, 0.1) is 0 Å². The van der Waals surface area contributed by atoms with E-state index in [4.69, 9.17) is 5.90 Å². The lowest BCUT2D eigenvalue weighted by atomic mass is 9.96. The Labute approximate surface area is 144 Å². The van der Waals surface area contributed by atoms with Crippen molar-refractivity contribution in [2.75, 3.05) is 39.3 Å². The summed E-state index contributed by atoms with van der Waals surface area (Å²) in [5.41, 5.74) is 2.74. The number of hydrogen-bond acceptors (Lipinski definition) is 4. The number of piperazine rings is 1. The lowest BCUT2D eigenvalue weighted by Gasteiger charge is -2.39. The predicted octanol–water partition coefficient (Wildman–Crippen LogP) is 2.67. The molecule has 24 heavy (non-hydrogen) atoms. The summed E-state index contributed by atoms with van der Waals surface area (Å²) in [6, 6.07) is 22.0. The van der Waals surface area contributed by atoms with Crippen LogP contribution in [0.2, 0.25) is 0 Å². The van der Waals surface area contributed by atoms with E-state index < -0.39 is 0 Å². The molecule has 1 fully saturated rings. The first-order valence-corrected chi connectivity index (χ1v) is 8.76. The Morgan fingerprint density at radius 3 is 1.88 bits per heavy atom. The van der Waals surface area contributed by atoms with Crippen molar-refractivity contribution in [1.82, 2.24) is 9.80 Å². The van der Waals surface area contributed by atoms with Crippen LogP contribution in [0.5, 0.6) is 0 Å². The molecule has 2 N–H and O–H groups in total. The SMILES string of the molecule is NOCCCN1CCN(C(c2ccccc2)c2ccccc2)CC1. The van der Waals surface area contributed by atoms with E-state index in [9.17, 15) is 0 Å². The van der Waals surface area contributed by atoms with Crippen molar-refractivity contribution in [1.29, 1.82) is 0 Å². The van der Waals surface area contributed by atoms with E-state index in [2.05, 4.69) is 75.3 Å². The maximum atomic E-state index is 5.11. The molecule has 0 saturated carbocycles. The number of rotatable bonds is 7. The standard InChI is InChI=1S/C20H27N3O/c21-24-17-7-12-22-13-15-23(16-14-22)20(18-8-3-1-4-9-18)19-10-5-2-6-11-19/h1-6,8-11,20H,7,12-17,21H2. The number of hydrogen-bond donors (Lipinski definition) is 1. The minimum Gasteiger partial charge on any atom is -0.305 e. The van der Waals surface area contributed by atoms with E-state index in [1.165, 1.54) is 11.1 Å². The molecule has 1 aliphatic heterocycles. The Bertz CT molecular complexity index is 543. The van der Waals surface area contributed by atoms with Crippen LogP contribution in [0.4, 0.5) is 0 Å². The second-order valence-corrected chi connectivity index (χ2v) is 6.33. The average Bonchev–Trinajstić information content (AvgIpc) is 2.65. The average molecular weight is 325 g/mol. The molecule has 1 aliphatic rings. The molecule has 2 aromatic rings. The van der Waals surface area contributed by atoms with Crippen LogP contribution >= 0.6 is 0 Å². The maximum Gasteiger partial charge on any atom is 0.0691 e. The summed E-state index contributed by atoms with van der Waals surface area (Å²) in [6.45, 7) is 6.06. The Hall–Kier alpha value is -1.72. The highest BCUT2D eigenvalue weighted by atomic mass is 16.6. The summed E-state index contributed by atoms with van der Waals surface area (Å²) >= 11 is 0. The molecule has 0 spiro atoms. The van der Waals surface area contributed by atoms with Crippen molar-refractivity contribution in [3.05, 3.63) is 71.8 Å². The molecule has 0 radical (unpaired) electrons. The van der Waals surface area contributed by atoms with Crippen LogP contribution < -0.4 is 5.90 Å².